The number of amides is 3. The van der Waals surface area contributed by atoms with Gasteiger partial charge in [0.1, 0.15) is 5.75 Å². The highest BCUT2D eigenvalue weighted by Gasteiger charge is 2.21. The molecule has 170 valence electrons. The molecular weight excluding hydrogens is 455 g/mol. The molecule has 10 heteroatoms. The van der Waals surface area contributed by atoms with E-state index in [1.165, 1.54) is 18.2 Å². The molecule has 1 heterocycles. The van der Waals surface area contributed by atoms with Gasteiger partial charge >= 0.3 is 0 Å². The fraction of sp³-hybridized carbons (Fsp3) is 0.318. The number of halogens is 2. The van der Waals surface area contributed by atoms with Crippen LogP contribution >= 0.6 is 23.2 Å². The fourth-order valence-electron chi connectivity index (χ4n) is 3.28. The van der Waals surface area contributed by atoms with Gasteiger partial charge in [-0.1, -0.05) is 23.2 Å². The largest absolute Gasteiger partial charge is 0.497 e. The van der Waals surface area contributed by atoms with Crippen molar-refractivity contribution >= 4 is 46.6 Å². The summed E-state index contributed by atoms with van der Waals surface area (Å²) < 4.78 is 5.17. The molecule has 0 atom stereocenters. The van der Waals surface area contributed by atoms with Crippen molar-refractivity contribution in [3.63, 3.8) is 0 Å². The van der Waals surface area contributed by atoms with Crippen LogP contribution in [0, 0.1) is 0 Å². The number of benzene rings is 2. The Kier molecular flexibility index (Phi) is 8.19. The number of carbonyl (C=O) groups is 3. The van der Waals surface area contributed by atoms with Gasteiger partial charge in [-0.3, -0.25) is 14.4 Å². The van der Waals surface area contributed by atoms with Crippen LogP contribution in [0.15, 0.2) is 42.5 Å². The number of anilines is 1. The Morgan fingerprint density at radius 1 is 0.938 bits per heavy atom. The maximum absolute atomic E-state index is 12.4. The lowest BCUT2D eigenvalue weighted by atomic mass is 10.2. The van der Waals surface area contributed by atoms with Crippen molar-refractivity contribution in [3.05, 3.63) is 58.1 Å². The van der Waals surface area contributed by atoms with Crippen LogP contribution in [0.25, 0.3) is 0 Å². The van der Waals surface area contributed by atoms with Crippen LogP contribution in [0.1, 0.15) is 10.4 Å². The quantitative estimate of drug-likeness (QED) is 0.636. The number of methoxy groups -OCH3 is 1. The van der Waals surface area contributed by atoms with Crippen LogP contribution < -0.4 is 20.3 Å². The molecule has 3 rings (SSSR count). The number of nitrogens with one attached hydrogen (secondary N) is 2. The molecule has 32 heavy (non-hydrogen) atoms. The Hall–Kier alpha value is -2.97. The Labute approximate surface area is 196 Å². The zero-order valence-electron chi connectivity index (χ0n) is 17.6. The molecule has 0 aromatic heterocycles. The lowest BCUT2D eigenvalue weighted by molar-refractivity contribution is -0.132. The Bertz CT molecular complexity index is 976. The summed E-state index contributed by atoms with van der Waals surface area (Å²) >= 11 is 11.8. The van der Waals surface area contributed by atoms with Crippen LogP contribution in [0.4, 0.5) is 5.69 Å². The number of rotatable bonds is 7. The summed E-state index contributed by atoms with van der Waals surface area (Å²) in [4.78, 5) is 40.5. The average molecular weight is 479 g/mol. The number of nitrogens with zero attached hydrogens (tertiary/aromatic N) is 2. The van der Waals surface area contributed by atoms with Gasteiger partial charge < -0.3 is 25.2 Å². The molecule has 2 aromatic carbocycles. The summed E-state index contributed by atoms with van der Waals surface area (Å²) in [5.74, 6) is -0.331. The molecule has 2 N–H and O–H groups in total. The molecule has 1 aliphatic heterocycles. The first-order chi connectivity index (χ1) is 15.4. The maximum atomic E-state index is 12.4. The van der Waals surface area contributed by atoms with Crippen LogP contribution in [0.3, 0.4) is 0 Å². The highest BCUT2D eigenvalue weighted by Crippen LogP contribution is 2.21. The minimum atomic E-state index is -0.497. The van der Waals surface area contributed by atoms with Gasteiger partial charge in [0.15, 0.2) is 0 Å². The van der Waals surface area contributed by atoms with E-state index in [1.807, 2.05) is 24.3 Å². The minimum absolute atomic E-state index is 0.126. The monoisotopic (exact) mass is 478 g/mol. The molecule has 0 radical (unpaired) electrons. The molecule has 0 bridgehead atoms. The van der Waals surface area contributed by atoms with E-state index in [9.17, 15) is 14.4 Å². The molecule has 0 unspecified atom stereocenters. The standard InChI is InChI=1S/C22H24Cl2N4O4/c1-32-17-5-3-16(4-6-17)27-8-10-28(11-9-27)21(30)14-25-20(29)13-26-22(31)18-7-2-15(23)12-19(18)24/h2-7,12H,8-11,13-14H2,1H3,(H,25,29)(H,26,31). The third-order valence-corrected chi connectivity index (χ3v) is 5.64. The lowest BCUT2D eigenvalue weighted by Crippen LogP contribution is -2.51. The van der Waals surface area contributed by atoms with Crippen molar-refractivity contribution in [2.75, 3.05) is 51.3 Å². The number of piperazine rings is 1. The second-order valence-corrected chi connectivity index (χ2v) is 7.99. The molecule has 1 saturated heterocycles. The van der Waals surface area contributed by atoms with Crippen LogP contribution in [-0.2, 0) is 9.59 Å². The first-order valence-electron chi connectivity index (χ1n) is 10.0. The van der Waals surface area contributed by atoms with Crippen LogP contribution in [0.5, 0.6) is 5.75 Å². The zero-order valence-corrected chi connectivity index (χ0v) is 19.1. The molecule has 0 aliphatic carbocycles. The molecule has 0 spiro atoms. The Balaban J connectivity index is 1.38. The first-order valence-corrected chi connectivity index (χ1v) is 10.8. The van der Waals surface area contributed by atoms with Gasteiger partial charge in [-0.05, 0) is 42.5 Å². The number of ether oxygens (including phenoxy) is 1. The molecule has 8 nitrogen and oxygen atoms in total. The Morgan fingerprint density at radius 2 is 1.62 bits per heavy atom. The van der Waals surface area contributed by atoms with E-state index in [4.69, 9.17) is 27.9 Å². The van der Waals surface area contributed by atoms with Gasteiger partial charge in [-0.15, -0.1) is 0 Å². The highest BCUT2D eigenvalue weighted by atomic mass is 35.5. The maximum Gasteiger partial charge on any atom is 0.253 e. The first kappa shape index (κ1) is 23.7. The third kappa shape index (κ3) is 6.27. The van der Waals surface area contributed by atoms with E-state index in [2.05, 4.69) is 15.5 Å². The smallest absolute Gasteiger partial charge is 0.253 e. The molecule has 0 saturated carbocycles. The predicted octanol–water partition coefficient (Wildman–Crippen LogP) is 2.20. The number of hydrogen-bond acceptors (Lipinski definition) is 5. The minimum Gasteiger partial charge on any atom is -0.497 e. The van der Waals surface area contributed by atoms with E-state index < -0.39 is 11.8 Å². The van der Waals surface area contributed by atoms with Crippen molar-refractivity contribution in [2.45, 2.75) is 0 Å². The molecule has 3 amide bonds. The van der Waals surface area contributed by atoms with Gasteiger partial charge in [0.25, 0.3) is 5.91 Å². The van der Waals surface area contributed by atoms with Crippen LogP contribution in [-0.4, -0.2) is 69.0 Å². The van der Waals surface area contributed by atoms with E-state index in [0.29, 0.717) is 31.2 Å². The summed E-state index contributed by atoms with van der Waals surface area (Å²) in [6, 6.07) is 12.3. The second kappa shape index (κ2) is 11.1. The van der Waals surface area contributed by atoms with E-state index in [1.54, 1.807) is 12.0 Å². The van der Waals surface area contributed by atoms with E-state index in [0.717, 1.165) is 11.4 Å². The molecule has 1 aliphatic rings. The predicted molar refractivity (Wildman–Crippen MR) is 124 cm³/mol. The highest BCUT2D eigenvalue weighted by molar-refractivity contribution is 6.36. The van der Waals surface area contributed by atoms with Crippen LogP contribution in [0.2, 0.25) is 10.0 Å². The summed E-state index contributed by atoms with van der Waals surface area (Å²) in [6.07, 6.45) is 0. The fourth-order valence-corrected chi connectivity index (χ4v) is 3.78. The lowest BCUT2D eigenvalue weighted by Gasteiger charge is -2.36. The summed E-state index contributed by atoms with van der Waals surface area (Å²) in [5, 5.41) is 5.62. The molecular formula is C22H24Cl2N4O4. The third-order valence-electron chi connectivity index (χ3n) is 5.09. The average Bonchev–Trinajstić information content (AvgIpc) is 2.81. The molecule has 1 fully saturated rings. The number of hydrogen-bond donors (Lipinski definition) is 2. The van der Waals surface area contributed by atoms with Gasteiger partial charge in [-0.25, -0.2) is 0 Å². The normalized spacial score (nSPS) is 13.5. The second-order valence-electron chi connectivity index (χ2n) is 7.15. The van der Waals surface area contributed by atoms with Crippen molar-refractivity contribution in [1.29, 1.82) is 0 Å². The van der Waals surface area contributed by atoms with Crippen molar-refractivity contribution in [1.82, 2.24) is 15.5 Å². The van der Waals surface area contributed by atoms with E-state index in [-0.39, 0.29) is 29.6 Å². The van der Waals surface area contributed by atoms with Crippen molar-refractivity contribution in [3.8, 4) is 5.75 Å². The Morgan fingerprint density at radius 3 is 2.25 bits per heavy atom. The summed E-state index contributed by atoms with van der Waals surface area (Å²) in [6.45, 7) is 2.13. The SMILES string of the molecule is COc1ccc(N2CCN(C(=O)CNC(=O)CNC(=O)c3ccc(Cl)cc3Cl)CC2)cc1. The van der Waals surface area contributed by atoms with Gasteiger partial charge in [0.2, 0.25) is 11.8 Å². The van der Waals surface area contributed by atoms with Crippen molar-refractivity contribution < 1.29 is 19.1 Å². The number of carbonyl (C=O) groups excluding carboxylic acids is 3. The summed E-state index contributed by atoms with van der Waals surface area (Å²) in [7, 11) is 1.63. The summed E-state index contributed by atoms with van der Waals surface area (Å²) in [5.41, 5.74) is 1.29. The topological polar surface area (TPSA) is 91.0 Å². The molecule has 2 aromatic rings. The zero-order chi connectivity index (χ0) is 23.1. The van der Waals surface area contributed by atoms with Gasteiger partial charge in [0.05, 0.1) is 30.8 Å². The van der Waals surface area contributed by atoms with Crippen molar-refractivity contribution in [2.24, 2.45) is 0 Å². The van der Waals surface area contributed by atoms with E-state index >= 15 is 0 Å². The van der Waals surface area contributed by atoms with Gasteiger partial charge in [-0.2, -0.15) is 0 Å². The van der Waals surface area contributed by atoms with Gasteiger partial charge in [0, 0.05) is 36.9 Å².